The van der Waals surface area contributed by atoms with E-state index in [1.54, 1.807) is 24.7 Å². The van der Waals surface area contributed by atoms with Crippen LogP contribution < -0.4 is 0 Å². The first-order chi connectivity index (χ1) is 8.32. The molecule has 1 aliphatic rings. The van der Waals surface area contributed by atoms with Crippen LogP contribution in [-0.4, -0.2) is 40.2 Å². The molecule has 0 aromatic carbocycles. The highest BCUT2D eigenvalue weighted by Gasteiger charge is 2.33. The SMILES string of the molecule is Cc1nc(S(=O)(=O)N2CCC(Br)C(C)C2)cn1C. The molecular formula is C11H18BrN3O2S. The molecule has 1 saturated heterocycles. The molecule has 18 heavy (non-hydrogen) atoms. The van der Waals surface area contributed by atoms with Gasteiger partial charge in [0.1, 0.15) is 5.82 Å². The summed E-state index contributed by atoms with van der Waals surface area (Å²) in [5, 5.41) is 0.155. The monoisotopic (exact) mass is 335 g/mol. The van der Waals surface area contributed by atoms with Crippen LogP contribution in [0.1, 0.15) is 19.2 Å². The van der Waals surface area contributed by atoms with E-state index in [1.807, 2.05) is 0 Å². The van der Waals surface area contributed by atoms with Crippen LogP contribution in [0, 0.1) is 12.8 Å². The first kappa shape index (κ1) is 14.0. The fraction of sp³-hybridized carbons (Fsp3) is 0.727. The minimum atomic E-state index is -3.44. The Hall–Kier alpha value is -0.400. The van der Waals surface area contributed by atoms with Crippen molar-refractivity contribution in [2.75, 3.05) is 13.1 Å². The molecule has 2 atom stereocenters. The van der Waals surface area contributed by atoms with Crippen LogP contribution in [0.3, 0.4) is 0 Å². The van der Waals surface area contributed by atoms with Gasteiger partial charge in [-0.15, -0.1) is 0 Å². The standard InChI is InChI=1S/C11H18BrN3O2S/c1-8-6-15(5-4-10(8)12)18(16,17)11-7-14(3)9(2)13-11/h7-8,10H,4-6H2,1-3H3. The minimum Gasteiger partial charge on any atom is -0.337 e. The van der Waals surface area contributed by atoms with Crippen molar-refractivity contribution in [1.29, 1.82) is 0 Å². The quantitative estimate of drug-likeness (QED) is 0.770. The van der Waals surface area contributed by atoms with Gasteiger partial charge in [0.2, 0.25) is 0 Å². The summed E-state index contributed by atoms with van der Waals surface area (Å²) >= 11 is 3.58. The second-order valence-electron chi connectivity index (χ2n) is 4.88. The molecule has 0 aliphatic carbocycles. The van der Waals surface area contributed by atoms with E-state index in [0.29, 0.717) is 29.7 Å². The lowest BCUT2D eigenvalue weighted by atomic mass is 10.0. The number of imidazole rings is 1. The Labute approximate surface area is 116 Å². The molecule has 1 aliphatic heterocycles. The average Bonchev–Trinajstić information content (AvgIpc) is 2.64. The maximum Gasteiger partial charge on any atom is 0.262 e. The molecule has 1 fully saturated rings. The number of piperidine rings is 1. The molecule has 0 saturated carbocycles. The molecule has 1 aromatic heterocycles. The molecule has 7 heteroatoms. The van der Waals surface area contributed by atoms with Crippen molar-refractivity contribution in [2.45, 2.75) is 30.1 Å². The molecule has 5 nitrogen and oxygen atoms in total. The zero-order chi connectivity index (χ0) is 13.5. The van der Waals surface area contributed by atoms with Crippen LogP contribution in [-0.2, 0) is 17.1 Å². The van der Waals surface area contributed by atoms with Crippen molar-refractivity contribution in [3.8, 4) is 0 Å². The fourth-order valence-electron chi connectivity index (χ4n) is 2.08. The predicted octanol–water partition coefficient (Wildman–Crippen LogP) is 1.52. The van der Waals surface area contributed by atoms with E-state index < -0.39 is 10.0 Å². The van der Waals surface area contributed by atoms with Crippen molar-refractivity contribution in [1.82, 2.24) is 13.9 Å². The first-order valence-electron chi connectivity index (χ1n) is 5.96. The van der Waals surface area contributed by atoms with Crippen molar-refractivity contribution in [3.63, 3.8) is 0 Å². The Morgan fingerprint density at radius 3 is 2.67 bits per heavy atom. The summed E-state index contributed by atoms with van der Waals surface area (Å²) in [6.07, 6.45) is 2.42. The molecule has 102 valence electrons. The largest absolute Gasteiger partial charge is 0.337 e. The van der Waals surface area contributed by atoms with Crippen LogP contribution in [0.5, 0.6) is 0 Å². The lowest BCUT2D eigenvalue weighted by Gasteiger charge is -2.32. The number of sulfonamides is 1. The predicted molar refractivity (Wildman–Crippen MR) is 73.2 cm³/mol. The van der Waals surface area contributed by atoms with E-state index >= 15 is 0 Å². The summed E-state index contributed by atoms with van der Waals surface area (Å²) in [7, 11) is -1.64. The highest BCUT2D eigenvalue weighted by atomic mass is 79.9. The summed E-state index contributed by atoms with van der Waals surface area (Å²) in [5.41, 5.74) is 0. The molecular weight excluding hydrogens is 318 g/mol. The van der Waals surface area contributed by atoms with E-state index in [-0.39, 0.29) is 5.03 Å². The zero-order valence-corrected chi connectivity index (χ0v) is 13.2. The molecule has 2 heterocycles. The lowest BCUT2D eigenvalue weighted by Crippen LogP contribution is -2.43. The Bertz CT molecular complexity index is 521. The van der Waals surface area contributed by atoms with Gasteiger partial charge in [0.25, 0.3) is 10.0 Å². The number of hydrogen-bond donors (Lipinski definition) is 0. The van der Waals surface area contributed by atoms with E-state index in [1.165, 1.54) is 4.31 Å². The van der Waals surface area contributed by atoms with Crippen molar-refractivity contribution in [3.05, 3.63) is 12.0 Å². The van der Waals surface area contributed by atoms with Gasteiger partial charge < -0.3 is 4.57 Å². The van der Waals surface area contributed by atoms with Gasteiger partial charge in [-0.2, -0.15) is 4.31 Å². The van der Waals surface area contributed by atoms with Crippen molar-refractivity contribution < 1.29 is 8.42 Å². The summed E-state index contributed by atoms with van der Waals surface area (Å²) in [5.74, 6) is 1.02. The zero-order valence-electron chi connectivity index (χ0n) is 10.8. The van der Waals surface area contributed by atoms with Crippen LogP contribution in [0.25, 0.3) is 0 Å². The lowest BCUT2D eigenvalue weighted by molar-refractivity contribution is 0.291. The highest BCUT2D eigenvalue weighted by Crippen LogP contribution is 2.27. The van der Waals surface area contributed by atoms with Gasteiger partial charge in [-0.05, 0) is 19.3 Å². The molecule has 1 aromatic rings. The molecule has 2 unspecified atom stereocenters. The van der Waals surface area contributed by atoms with Crippen molar-refractivity contribution >= 4 is 26.0 Å². The molecule has 2 rings (SSSR count). The number of nitrogens with zero attached hydrogens (tertiary/aromatic N) is 3. The molecule has 0 N–H and O–H groups in total. The normalized spacial score (nSPS) is 26.4. The van der Waals surface area contributed by atoms with Crippen LogP contribution in [0.4, 0.5) is 0 Å². The summed E-state index contributed by atoms with van der Waals surface area (Å²) < 4.78 is 28.1. The Morgan fingerprint density at radius 2 is 2.17 bits per heavy atom. The smallest absolute Gasteiger partial charge is 0.262 e. The number of halogens is 1. The first-order valence-corrected chi connectivity index (χ1v) is 8.32. The van der Waals surface area contributed by atoms with Gasteiger partial charge in [0.15, 0.2) is 5.03 Å². The van der Waals surface area contributed by atoms with Gasteiger partial charge in [0, 0.05) is 31.2 Å². The number of hydrogen-bond acceptors (Lipinski definition) is 3. The van der Waals surface area contributed by atoms with Gasteiger partial charge in [-0.25, -0.2) is 13.4 Å². The Balaban J connectivity index is 2.26. The number of rotatable bonds is 2. The summed E-state index contributed by atoms with van der Waals surface area (Å²) in [4.78, 5) is 4.52. The van der Waals surface area contributed by atoms with Crippen molar-refractivity contribution in [2.24, 2.45) is 13.0 Å². The highest BCUT2D eigenvalue weighted by molar-refractivity contribution is 9.09. The Kier molecular flexibility index (Phi) is 3.85. The molecule has 0 amide bonds. The number of alkyl halides is 1. The third kappa shape index (κ3) is 2.48. The summed E-state index contributed by atoms with van der Waals surface area (Å²) in [6, 6.07) is 0. The van der Waals surface area contributed by atoms with Crippen LogP contribution in [0.15, 0.2) is 11.2 Å². The van der Waals surface area contributed by atoms with Gasteiger partial charge >= 0.3 is 0 Å². The van der Waals surface area contributed by atoms with E-state index in [2.05, 4.69) is 27.8 Å². The number of aromatic nitrogens is 2. The summed E-state index contributed by atoms with van der Waals surface area (Å²) in [6.45, 7) is 4.96. The van der Waals surface area contributed by atoms with E-state index in [4.69, 9.17) is 0 Å². The second-order valence-corrected chi connectivity index (χ2v) is 7.94. The third-order valence-electron chi connectivity index (χ3n) is 3.45. The van der Waals surface area contributed by atoms with Crippen LogP contribution >= 0.6 is 15.9 Å². The Morgan fingerprint density at radius 1 is 1.50 bits per heavy atom. The molecule has 0 radical (unpaired) electrons. The van der Waals surface area contributed by atoms with Gasteiger partial charge in [-0.3, -0.25) is 0 Å². The van der Waals surface area contributed by atoms with Gasteiger partial charge in [0.05, 0.1) is 0 Å². The maximum absolute atomic E-state index is 12.4. The van der Waals surface area contributed by atoms with E-state index in [9.17, 15) is 8.42 Å². The topological polar surface area (TPSA) is 55.2 Å². The van der Waals surface area contributed by atoms with Gasteiger partial charge in [-0.1, -0.05) is 22.9 Å². The molecule has 0 bridgehead atoms. The maximum atomic E-state index is 12.4. The molecule has 0 spiro atoms. The fourth-order valence-corrected chi connectivity index (χ4v) is 4.03. The number of aryl methyl sites for hydroxylation is 2. The van der Waals surface area contributed by atoms with Crippen LogP contribution in [0.2, 0.25) is 0 Å². The minimum absolute atomic E-state index is 0.155. The third-order valence-corrected chi connectivity index (χ3v) is 6.55. The average molecular weight is 336 g/mol. The van der Waals surface area contributed by atoms with E-state index in [0.717, 1.165) is 6.42 Å². The second kappa shape index (κ2) is 4.94.